The number of esters is 2. The van der Waals surface area contributed by atoms with Crippen molar-refractivity contribution in [1.82, 2.24) is 10.9 Å². The summed E-state index contributed by atoms with van der Waals surface area (Å²) in [5.74, 6) is 3.74. The molecule has 0 aromatic heterocycles. The number of hydrogen-bond donors (Lipinski definition) is 3. The van der Waals surface area contributed by atoms with Crippen LogP contribution in [0.15, 0.2) is 59.5 Å². The predicted octanol–water partition coefficient (Wildman–Crippen LogP) is 3.91. The van der Waals surface area contributed by atoms with E-state index in [1.165, 1.54) is 0 Å². The summed E-state index contributed by atoms with van der Waals surface area (Å²) in [4.78, 5) is 29.2. The largest absolute Gasteiger partial charge is 0.417 e. The van der Waals surface area contributed by atoms with Crippen molar-refractivity contribution in [3.63, 3.8) is 0 Å². The van der Waals surface area contributed by atoms with Gasteiger partial charge in [0.15, 0.2) is 0 Å². The van der Waals surface area contributed by atoms with Crippen LogP contribution >= 0.6 is 0 Å². The SMILES string of the molecule is C=CCCCCC(=NC(=C)NN=C1C(=O)OC2(CCC(CCC(=C)/C=C\C)CC2)OC1=O)NN. The van der Waals surface area contributed by atoms with Crippen molar-refractivity contribution >= 4 is 23.5 Å². The lowest BCUT2D eigenvalue weighted by molar-refractivity contribution is -0.240. The Hall–Kier alpha value is -3.20. The molecular weight excluding hydrogens is 434 g/mol. The average Bonchev–Trinajstić information content (AvgIpc) is 2.80. The molecule has 9 heteroatoms. The maximum Gasteiger partial charge on any atom is 0.369 e. The smallest absolute Gasteiger partial charge is 0.369 e. The number of amidine groups is 1. The van der Waals surface area contributed by atoms with Crippen molar-refractivity contribution in [2.75, 3.05) is 0 Å². The molecule has 0 bridgehead atoms. The van der Waals surface area contributed by atoms with Crippen LogP contribution in [-0.4, -0.2) is 29.3 Å². The van der Waals surface area contributed by atoms with Gasteiger partial charge in [-0.25, -0.2) is 20.4 Å². The number of rotatable bonds is 12. The van der Waals surface area contributed by atoms with Gasteiger partial charge in [-0.1, -0.05) is 37.0 Å². The van der Waals surface area contributed by atoms with Gasteiger partial charge in [-0.2, -0.15) is 5.10 Å². The van der Waals surface area contributed by atoms with Crippen LogP contribution in [0.1, 0.15) is 71.1 Å². The van der Waals surface area contributed by atoms with Gasteiger partial charge in [0.05, 0.1) is 0 Å². The highest BCUT2D eigenvalue weighted by molar-refractivity contribution is 6.63. The maximum absolute atomic E-state index is 12.5. The molecule has 1 saturated carbocycles. The lowest BCUT2D eigenvalue weighted by Crippen LogP contribution is -2.52. The van der Waals surface area contributed by atoms with E-state index >= 15 is 0 Å². The Labute approximate surface area is 201 Å². The first kappa shape index (κ1) is 27.0. The van der Waals surface area contributed by atoms with Gasteiger partial charge in [0.25, 0.3) is 11.5 Å². The summed E-state index contributed by atoms with van der Waals surface area (Å²) in [7, 11) is 0. The quantitative estimate of drug-likeness (QED) is 0.0575. The molecule has 2 aliphatic rings. The van der Waals surface area contributed by atoms with E-state index in [0.717, 1.165) is 50.5 Å². The molecule has 1 heterocycles. The van der Waals surface area contributed by atoms with E-state index in [4.69, 9.17) is 15.3 Å². The fourth-order valence-electron chi connectivity index (χ4n) is 4.00. The molecule has 9 nitrogen and oxygen atoms in total. The van der Waals surface area contributed by atoms with E-state index in [9.17, 15) is 9.59 Å². The number of nitrogens with two attached hydrogens (primary N) is 1. The third kappa shape index (κ3) is 8.30. The minimum atomic E-state index is -1.21. The van der Waals surface area contributed by atoms with Crippen LogP contribution < -0.4 is 16.7 Å². The standard InChI is InChI=1S/C25H37N5O4/c1-5-7-8-9-11-21(28-26)27-19(4)29-30-22-23(31)33-25(34-24(22)32)16-14-20(15-17-25)13-12-18(3)10-6-2/h5-6,10,20,29H,1,3-4,7-9,11-17,26H2,2H3,(H,27,28)/b10-6-,30-22?. The number of unbranched alkanes of at least 4 members (excludes halogenated alkanes) is 2. The first-order chi connectivity index (χ1) is 16.3. The first-order valence-electron chi connectivity index (χ1n) is 11.8. The number of hydrazine groups is 1. The third-order valence-electron chi connectivity index (χ3n) is 5.89. The van der Waals surface area contributed by atoms with Crippen LogP contribution in [0, 0.1) is 5.92 Å². The van der Waals surface area contributed by atoms with Crippen molar-refractivity contribution < 1.29 is 19.1 Å². The van der Waals surface area contributed by atoms with Crippen LogP contribution in [0.5, 0.6) is 0 Å². The summed E-state index contributed by atoms with van der Waals surface area (Å²) < 4.78 is 11.1. The Morgan fingerprint density at radius 1 is 1.18 bits per heavy atom. The van der Waals surface area contributed by atoms with E-state index in [-0.39, 0.29) is 5.82 Å². The van der Waals surface area contributed by atoms with Crippen molar-refractivity contribution in [2.24, 2.45) is 21.9 Å². The van der Waals surface area contributed by atoms with Crippen molar-refractivity contribution in [3.05, 3.63) is 49.4 Å². The fourth-order valence-corrected chi connectivity index (χ4v) is 4.00. The van der Waals surface area contributed by atoms with Gasteiger partial charge in [0.2, 0.25) is 0 Å². The number of allylic oxidation sites excluding steroid dienone is 4. The molecule has 2 fully saturated rings. The maximum atomic E-state index is 12.5. The number of hydrazone groups is 1. The Bertz CT molecular complexity index is 845. The van der Waals surface area contributed by atoms with Gasteiger partial charge in [-0.15, -0.1) is 6.58 Å². The van der Waals surface area contributed by atoms with E-state index in [1.54, 1.807) is 0 Å². The summed E-state index contributed by atoms with van der Waals surface area (Å²) in [6, 6.07) is 0. The molecule has 0 radical (unpaired) electrons. The highest BCUT2D eigenvalue weighted by Crippen LogP contribution is 2.39. The monoisotopic (exact) mass is 471 g/mol. The second kappa shape index (κ2) is 13.5. The molecule has 1 aliphatic heterocycles. The van der Waals surface area contributed by atoms with Crippen molar-refractivity contribution in [3.8, 4) is 0 Å². The highest BCUT2D eigenvalue weighted by atomic mass is 16.7. The van der Waals surface area contributed by atoms with E-state index in [2.05, 4.69) is 40.7 Å². The molecular formula is C25H37N5O4. The number of nitrogens with one attached hydrogen (secondary N) is 2. The zero-order valence-corrected chi connectivity index (χ0v) is 20.1. The summed E-state index contributed by atoms with van der Waals surface area (Å²) in [5, 5.41) is 3.81. The molecule has 1 saturated heterocycles. The van der Waals surface area contributed by atoms with Gasteiger partial charge in [-0.05, 0) is 57.8 Å². The molecule has 2 rings (SSSR count). The summed E-state index contributed by atoms with van der Waals surface area (Å²) >= 11 is 0. The number of nitrogens with zero attached hydrogens (tertiary/aromatic N) is 2. The van der Waals surface area contributed by atoms with Crippen molar-refractivity contribution in [2.45, 2.75) is 76.9 Å². The van der Waals surface area contributed by atoms with E-state index in [1.807, 2.05) is 25.2 Å². The van der Waals surface area contributed by atoms with Gasteiger partial charge < -0.3 is 14.9 Å². The lowest BCUT2D eigenvalue weighted by Gasteiger charge is -2.40. The number of carbonyl (C=O) groups is 2. The van der Waals surface area contributed by atoms with Crippen molar-refractivity contribution in [1.29, 1.82) is 0 Å². The fraction of sp³-hybridized carbons (Fsp3) is 0.520. The topological polar surface area (TPSA) is 127 Å². The zero-order chi connectivity index (χ0) is 25.0. The Morgan fingerprint density at radius 3 is 2.44 bits per heavy atom. The third-order valence-corrected chi connectivity index (χ3v) is 5.89. The number of aliphatic imine (C=N–C) groups is 1. The molecule has 4 N–H and O–H groups in total. The van der Waals surface area contributed by atoms with E-state index < -0.39 is 23.4 Å². The molecule has 186 valence electrons. The number of ether oxygens (including phenoxy) is 2. The molecule has 0 amide bonds. The Kier molecular flexibility index (Phi) is 10.7. The molecule has 0 unspecified atom stereocenters. The number of carbonyl (C=O) groups excluding carboxylic acids is 2. The van der Waals surface area contributed by atoms with Gasteiger partial charge in [0, 0.05) is 19.3 Å². The summed E-state index contributed by atoms with van der Waals surface area (Å²) in [5.41, 5.74) is 5.63. The van der Waals surface area contributed by atoms with Crippen LogP contribution in [0.4, 0.5) is 0 Å². The second-order valence-corrected chi connectivity index (χ2v) is 8.59. The van der Waals surface area contributed by atoms with Gasteiger partial charge >= 0.3 is 11.9 Å². The molecule has 0 atom stereocenters. The van der Waals surface area contributed by atoms with Gasteiger partial charge in [-0.3, -0.25) is 5.43 Å². The minimum Gasteiger partial charge on any atom is -0.417 e. The highest BCUT2D eigenvalue weighted by Gasteiger charge is 2.49. The van der Waals surface area contributed by atoms with Crippen LogP contribution in [0.2, 0.25) is 0 Å². The zero-order valence-electron chi connectivity index (χ0n) is 20.1. The second-order valence-electron chi connectivity index (χ2n) is 8.59. The normalized spacial score (nSPS) is 22.8. The van der Waals surface area contributed by atoms with Gasteiger partial charge in [0.1, 0.15) is 11.7 Å². The van der Waals surface area contributed by atoms with Crippen LogP contribution in [-0.2, 0) is 19.1 Å². The lowest BCUT2D eigenvalue weighted by atomic mass is 9.81. The Morgan fingerprint density at radius 2 is 1.85 bits per heavy atom. The summed E-state index contributed by atoms with van der Waals surface area (Å²) in [6.45, 7) is 13.4. The predicted molar refractivity (Wildman–Crippen MR) is 133 cm³/mol. The molecule has 0 aromatic carbocycles. The molecule has 34 heavy (non-hydrogen) atoms. The van der Waals surface area contributed by atoms with Crippen LogP contribution in [0.25, 0.3) is 0 Å². The van der Waals surface area contributed by atoms with E-state index in [0.29, 0.717) is 31.0 Å². The number of hydrogen-bond acceptors (Lipinski definition) is 8. The minimum absolute atomic E-state index is 0.116. The Balaban J connectivity index is 1.87. The molecule has 1 spiro atoms. The molecule has 0 aromatic rings. The first-order valence-corrected chi connectivity index (χ1v) is 11.8. The van der Waals surface area contributed by atoms with Crippen LogP contribution in [0.3, 0.4) is 0 Å². The average molecular weight is 472 g/mol. The summed E-state index contributed by atoms with van der Waals surface area (Å²) in [6.07, 6.45) is 13.7. The molecule has 1 aliphatic carbocycles.